The predicted molar refractivity (Wildman–Crippen MR) is 97.7 cm³/mol. The van der Waals surface area contributed by atoms with E-state index in [4.69, 9.17) is 0 Å². The Morgan fingerprint density at radius 2 is 1.52 bits per heavy atom. The molecule has 0 aromatic heterocycles. The van der Waals surface area contributed by atoms with Gasteiger partial charge in [0.1, 0.15) is 0 Å². The van der Waals surface area contributed by atoms with Gasteiger partial charge in [0.25, 0.3) is 0 Å². The van der Waals surface area contributed by atoms with Crippen LogP contribution in [0.2, 0.25) is 0 Å². The van der Waals surface area contributed by atoms with E-state index in [0.29, 0.717) is 6.04 Å². The fourth-order valence-corrected chi connectivity index (χ4v) is 3.68. The Balaban J connectivity index is 2.19. The summed E-state index contributed by atoms with van der Waals surface area (Å²) < 4.78 is 38.4. The summed E-state index contributed by atoms with van der Waals surface area (Å²) in [6, 6.07) is 6.02. The molecule has 1 atom stereocenters. The zero-order valence-electron chi connectivity index (χ0n) is 15.8. The Kier molecular flexibility index (Phi) is 6.36. The number of hydrogen-bond acceptors (Lipinski definition) is 1. The molecule has 1 saturated heterocycles. The van der Waals surface area contributed by atoms with Crippen LogP contribution in [0.5, 0.6) is 0 Å². The van der Waals surface area contributed by atoms with Crippen molar-refractivity contribution in [3.8, 4) is 0 Å². The Morgan fingerprint density at radius 3 is 2.00 bits per heavy atom. The van der Waals surface area contributed by atoms with Crippen molar-refractivity contribution in [1.29, 1.82) is 0 Å². The van der Waals surface area contributed by atoms with E-state index in [1.807, 2.05) is 0 Å². The van der Waals surface area contributed by atoms with Crippen molar-refractivity contribution >= 4 is 0 Å². The van der Waals surface area contributed by atoms with Crippen molar-refractivity contribution in [2.24, 2.45) is 0 Å². The molecule has 1 fully saturated rings. The SMILES string of the molecule is CC(C)=CC(CC(C)(C)c1ccc(C(F)(F)F)cc1)N1CCCCC1. The lowest BCUT2D eigenvalue weighted by Crippen LogP contribution is -2.41. The average Bonchev–Trinajstić information content (AvgIpc) is 2.54. The van der Waals surface area contributed by atoms with Crippen molar-refractivity contribution in [2.75, 3.05) is 13.1 Å². The highest BCUT2D eigenvalue weighted by molar-refractivity contribution is 5.30. The molecule has 0 aliphatic carbocycles. The fraction of sp³-hybridized carbons (Fsp3) is 0.619. The molecule has 1 aromatic carbocycles. The molecule has 4 heteroatoms. The van der Waals surface area contributed by atoms with Gasteiger partial charge in [0, 0.05) is 6.04 Å². The number of hydrogen-bond donors (Lipinski definition) is 0. The Labute approximate surface area is 149 Å². The van der Waals surface area contributed by atoms with Crippen molar-refractivity contribution in [3.05, 3.63) is 47.0 Å². The third-order valence-corrected chi connectivity index (χ3v) is 5.10. The number of alkyl halides is 3. The number of likely N-dealkylation sites (tertiary alicyclic amines) is 1. The van der Waals surface area contributed by atoms with Crippen molar-refractivity contribution in [2.45, 2.75) is 71.0 Å². The second-order valence-corrected chi connectivity index (χ2v) is 8.07. The maximum absolute atomic E-state index is 12.8. The fourth-order valence-electron chi connectivity index (χ4n) is 3.68. The summed E-state index contributed by atoms with van der Waals surface area (Å²) in [5.41, 5.74) is 1.49. The highest BCUT2D eigenvalue weighted by Gasteiger charge is 2.32. The maximum atomic E-state index is 12.8. The van der Waals surface area contributed by atoms with Gasteiger partial charge in [-0.15, -0.1) is 0 Å². The summed E-state index contributed by atoms with van der Waals surface area (Å²) >= 11 is 0. The van der Waals surface area contributed by atoms with Crippen LogP contribution in [0.1, 0.15) is 64.5 Å². The van der Waals surface area contributed by atoms with Gasteiger partial charge in [0.15, 0.2) is 0 Å². The zero-order chi connectivity index (χ0) is 18.7. The minimum atomic E-state index is -4.28. The van der Waals surface area contributed by atoms with Crippen LogP contribution in [-0.2, 0) is 11.6 Å². The van der Waals surface area contributed by atoms with Crippen LogP contribution in [-0.4, -0.2) is 24.0 Å². The first-order chi connectivity index (χ1) is 11.6. The number of allylic oxidation sites excluding steroid dienone is 1. The van der Waals surface area contributed by atoms with Crippen molar-refractivity contribution < 1.29 is 13.2 Å². The van der Waals surface area contributed by atoms with E-state index in [1.54, 1.807) is 12.1 Å². The summed E-state index contributed by atoms with van der Waals surface area (Å²) in [5, 5.41) is 0. The Morgan fingerprint density at radius 1 is 1.00 bits per heavy atom. The molecule has 1 aliphatic heterocycles. The van der Waals surface area contributed by atoms with Crippen LogP contribution >= 0.6 is 0 Å². The van der Waals surface area contributed by atoms with Gasteiger partial charge in [-0.3, -0.25) is 4.90 Å². The van der Waals surface area contributed by atoms with E-state index in [0.717, 1.165) is 25.1 Å². The largest absolute Gasteiger partial charge is 0.416 e. The molecule has 1 unspecified atom stereocenters. The molecule has 0 amide bonds. The molecule has 25 heavy (non-hydrogen) atoms. The zero-order valence-corrected chi connectivity index (χ0v) is 15.8. The molecular formula is C21H30F3N. The molecule has 1 aliphatic rings. The number of rotatable bonds is 5. The van der Waals surface area contributed by atoms with Gasteiger partial charge in [-0.1, -0.05) is 44.1 Å². The molecule has 140 valence electrons. The first-order valence-corrected chi connectivity index (χ1v) is 9.16. The lowest BCUT2D eigenvalue weighted by atomic mass is 9.78. The second kappa shape index (κ2) is 7.94. The van der Waals surface area contributed by atoms with E-state index in [2.05, 4.69) is 38.7 Å². The third-order valence-electron chi connectivity index (χ3n) is 5.10. The van der Waals surface area contributed by atoms with Gasteiger partial charge >= 0.3 is 6.18 Å². The number of piperidine rings is 1. The van der Waals surface area contributed by atoms with E-state index in [1.165, 1.54) is 37.0 Å². The maximum Gasteiger partial charge on any atom is 0.416 e. The molecule has 2 rings (SSSR count). The first-order valence-electron chi connectivity index (χ1n) is 9.16. The van der Waals surface area contributed by atoms with E-state index in [-0.39, 0.29) is 5.41 Å². The monoisotopic (exact) mass is 353 g/mol. The quantitative estimate of drug-likeness (QED) is 0.570. The lowest BCUT2D eigenvalue weighted by Gasteiger charge is -2.38. The molecule has 0 saturated carbocycles. The van der Waals surface area contributed by atoms with Gasteiger partial charge < -0.3 is 0 Å². The van der Waals surface area contributed by atoms with E-state index in [9.17, 15) is 13.2 Å². The molecule has 1 heterocycles. The molecule has 0 bridgehead atoms. The van der Waals surface area contributed by atoms with Crippen molar-refractivity contribution in [1.82, 2.24) is 4.90 Å². The summed E-state index contributed by atoms with van der Waals surface area (Å²) in [7, 11) is 0. The molecule has 1 nitrogen and oxygen atoms in total. The molecular weight excluding hydrogens is 323 g/mol. The predicted octanol–water partition coefficient (Wildman–Crippen LogP) is 6.19. The van der Waals surface area contributed by atoms with Crippen LogP contribution < -0.4 is 0 Å². The number of benzene rings is 1. The van der Waals surface area contributed by atoms with Crippen LogP contribution in [0.4, 0.5) is 13.2 Å². The Hall–Kier alpha value is -1.29. The van der Waals surface area contributed by atoms with Gasteiger partial charge in [-0.2, -0.15) is 13.2 Å². The lowest BCUT2D eigenvalue weighted by molar-refractivity contribution is -0.137. The second-order valence-electron chi connectivity index (χ2n) is 8.07. The average molecular weight is 353 g/mol. The van der Waals surface area contributed by atoms with Crippen LogP contribution in [0.15, 0.2) is 35.9 Å². The first kappa shape index (κ1) is 20.0. The van der Waals surface area contributed by atoms with Gasteiger partial charge in [0.05, 0.1) is 5.56 Å². The van der Waals surface area contributed by atoms with Crippen molar-refractivity contribution in [3.63, 3.8) is 0 Å². The standard InChI is InChI=1S/C21H30F3N/c1-16(2)14-19(25-12-6-5-7-13-25)15-20(3,4)17-8-10-18(11-9-17)21(22,23)24/h8-11,14,19H,5-7,12-13,15H2,1-4H3. The topological polar surface area (TPSA) is 3.24 Å². The van der Waals surface area contributed by atoms with Gasteiger partial charge in [-0.25, -0.2) is 0 Å². The van der Waals surface area contributed by atoms with Crippen LogP contribution in [0, 0.1) is 0 Å². The molecule has 0 radical (unpaired) electrons. The summed E-state index contributed by atoms with van der Waals surface area (Å²) in [6.45, 7) is 10.7. The van der Waals surface area contributed by atoms with E-state index >= 15 is 0 Å². The normalized spacial score (nSPS) is 18.0. The minimum absolute atomic E-state index is 0.182. The van der Waals surface area contributed by atoms with Crippen LogP contribution in [0.25, 0.3) is 0 Å². The summed E-state index contributed by atoms with van der Waals surface area (Å²) in [6.07, 6.45) is 2.70. The Bertz CT molecular complexity index is 574. The number of nitrogens with zero attached hydrogens (tertiary/aromatic N) is 1. The molecule has 1 aromatic rings. The van der Waals surface area contributed by atoms with E-state index < -0.39 is 11.7 Å². The highest BCUT2D eigenvalue weighted by Crippen LogP contribution is 2.34. The van der Waals surface area contributed by atoms with Gasteiger partial charge in [-0.05, 0) is 69.3 Å². The van der Waals surface area contributed by atoms with Crippen LogP contribution in [0.3, 0.4) is 0 Å². The molecule has 0 N–H and O–H groups in total. The third kappa shape index (κ3) is 5.60. The highest BCUT2D eigenvalue weighted by atomic mass is 19.4. The summed E-state index contributed by atoms with van der Waals surface area (Å²) in [4.78, 5) is 2.53. The molecule has 0 spiro atoms. The number of halogens is 3. The summed E-state index contributed by atoms with van der Waals surface area (Å²) in [5.74, 6) is 0. The smallest absolute Gasteiger partial charge is 0.297 e. The minimum Gasteiger partial charge on any atom is -0.297 e. The van der Waals surface area contributed by atoms with Gasteiger partial charge in [0.2, 0.25) is 0 Å².